The Morgan fingerprint density at radius 2 is 2.09 bits per heavy atom. The highest BCUT2D eigenvalue weighted by Gasteiger charge is 2.18. The normalized spacial score (nSPS) is 11.0. The van der Waals surface area contributed by atoms with Crippen molar-refractivity contribution in [2.45, 2.75) is 20.8 Å². The summed E-state index contributed by atoms with van der Waals surface area (Å²) < 4.78 is 21.2. The van der Waals surface area contributed by atoms with E-state index in [1.165, 1.54) is 10.7 Å². The molecule has 0 aliphatic heterocycles. The number of aldehydes is 1. The Morgan fingerprint density at radius 1 is 1.30 bits per heavy atom. The van der Waals surface area contributed by atoms with Crippen molar-refractivity contribution in [3.63, 3.8) is 0 Å². The number of carbonyl (C=O) groups excluding carboxylic acids is 1. The fourth-order valence-electron chi connectivity index (χ4n) is 2.57. The number of carbonyl (C=O) groups is 1. The molecule has 0 fully saturated rings. The number of hydrogen-bond donors (Lipinski definition) is 0. The van der Waals surface area contributed by atoms with Crippen LogP contribution in [0.25, 0.3) is 16.6 Å². The van der Waals surface area contributed by atoms with Crippen LogP contribution in [0.1, 0.15) is 28.8 Å². The first-order valence-electron chi connectivity index (χ1n) is 7.17. The monoisotopic (exact) mass is 314 g/mol. The van der Waals surface area contributed by atoms with Crippen molar-refractivity contribution in [1.82, 2.24) is 20.0 Å². The van der Waals surface area contributed by atoms with Gasteiger partial charge in [-0.1, -0.05) is 0 Å². The minimum absolute atomic E-state index is 0.138. The molecule has 0 saturated carbocycles. The molecule has 0 amide bonds. The Labute approximate surface area is 131 Å². The molecule has 0 N–H and O–H groups in total. The maximum absolute atomic E-state index is 14.4. The highest BCUT2D eigenvalue weighted by atomic mass is 19.1. The first-order chi connectivity index (χ1) is 11.1. The van der Waals surface area contributed by atoms with Gasteiger partial charge in [0, 0.05) is 11.5 Å². The molecule has 118 valence electrons. The lowest BCUT2D eigenvalue weighted by molar-refractivity contribution is 0.111. The van der Waals surface area contributed by atoms with Crippen LogP contribution in [-0.4, -0.2) is 32.9 Å². The van der Waals surface area contributed by atoms with Gasteiger partial charge >= 0.3 is 0 Å². The van der Waals surface area contributed by atoms with Crippen molar-refractivity contribution in [3.8, 4) is 11.4 Å². The molecule has 3 rings (SSSR count). The van der Waals surface area contributed by atoms with Crippen LogP contribution in [0.2, 0.25) is 0 Å². The number of hydrogen-bond acceptors (Lipinski definition) is 5. The average molecular weight is 314 g/mol. The van der Waals surface area contributed by atoms with Crippen molar-refractivity contribution in [2.24, 2.45) is 0 Å². The SMILES string of the molecule is CCOc1ccc(-n2nc3c(C=O)nnc(C)c3c2C)c(F)c1. The Morgan fingerprint density at radius 3 is 2.74 bits per heavy atom. The number of rotatable bonds is 4. The smallest absolute Gasteiger partial charge is 0.172 e. The van der Waals surface area contributed by atoms with E-state index in [0.717, 1.165) is 0 Å². The van der Waals surface area contributed by atoms with Gasteiger partial charge in [-0.25, -0.2) is 9.07 Å². The molecule has 0 radical (unpaired) electrons. The van der Waals surface area contributed by atoms with Crippen LogP contribution in [0, 0.1) is 19.7 Å². The summed E-state index contributed by atoms with van der Waals surface area (Å²) in [4.78, 5) is 11.1. The van der Waals surface area contributed by atoms with Gasteiger partial charge in [0.2, 0.25) is 0 Å². The molecule has 0 atom stereocenters. The maximum Gasteiger partial charge on any atom is 0.172 e. The molecule has 0 spiro atoms. The molecule has 1 aromatic carbocycles. The summed E-state index contributed by atoms with van der Waals surface area (Å²) in [5.74, 6) is -0.00529. The summed E-state index contributed by atoms with van der Waals surface area (Å²) in [6.45, 7) is 5.87. The number of halogens is 1. The molecule has 2 heterocycles. The minimum atomic E-state index is -0.460. The van der Waals surface area contributed by atoms with E-state index < -0.39 is 5.82 Å². The lowest BCUT2D eigenvalue weighted by atomic mass is 10.2. The summed E-state index contributed by atoms with van der Waals surface area (Å²) in [5, 5.41) is 12.8. The largest absolute Gasteiger partial charge is 0.494 e. The van der Waals surface area contributed by atoms with Crippen LogP contribution in [0.5, 0.6) is 5.75 Å². The predicted molar refractivity (Wildman–Crippen MR) is 82.6 cm³/mol. The predicted octanol–water partition coefficient (Wildman–Crippen LogP) is 2.78. The summed E-state index contributed by atoms with van der Waals surface area (Å²) in [6.07, 6.45) is 0.597. The number of ether oxygens (including phenoxy) is 1. The average Bonchev–Trinajstić information content (AvgIpc) is 2.87. The zero-order chi connectivity index (χ0) is 16.6. The number of aryl methyl sites for hydroxylation is 2. The molecule has 6 nitrogen and oxygen atoms in total. The Balaban J connectivity index is 2.23. The first kappa shape index (κ1) is 15.1. The van der Waals surface area contributed by atoms with E-state index in [4.69, 9.17) is 4.74 Å². The van der Waals surface area contributed by atoms with Gasteiger partial charge in [0.05, 0.1) is 18.0 Å². The van der Waals surface area contributed by atoms with E-state index in [0.29, 0.717) is 40.9 Å². The van der Waals surface area contributed by atoms with Crippen molar-refractivity contribution >= 4 is 17.2 Å². The van der Waals surface area contributed by atoms with Crippen molar-refractivity contribution in [3.05, 3.63) is 41.1 Å². The number of aromatic nitrogens is 4. The molecule has 7 heteroatoms. The Kier molecular flexibility index (Phi) is 3.77. The van der Waals surface area contributed by atoms with Crippen LogP contribution >= 0.6 is 0 Å². The summed E-state index contributed by atoms with van der Waals surface area (Å²) in [5.41, 5.74) is 2.16. The van der Waals surface area contributed by atoms with Gasteiger partial charge in [0.1, 0.15) is 17.0 Å². The van der Waals surface area contributed by atoms with Crippen LogP contribution in [-0.2, 0) is 0 Å². The topological polar surface area (TPSA) is 69.9 Å². The molecule has 0 bridgehead atoms. The van der Waals surface area contributed by atoms with E-state index in [9.17, 15) is 9.18 Å². The minimum Gasteiger partial charge on any atom is -0.494 e. The molecule has 23 heavy (non-hydrogen) atoms. The second-order valence-electron chi connectivity index (χ2n) is 5.06. The highest BCUT2D eigenvalue weighted by Crippen LogP contribution is 2.26. The second-order valence-corrected chi connectivity index (χ2v) is 5.06. The van der Waals surface area contributed by atoms with Crippen LogP contribution < -0.4 is 4.74 Å². The van der Waals surface area contributed by atoms with Gasteiger partial charge in [0.25, 0.3) is 0 Å². The maximum atomic E-state index is 14.4. The molecule has 0 saturated heterocycles. The third-order valence-electron chi connectivity index (χ3n) is 3.60. The van der Waals surface area contributed by atoms with Crippen LogP contribution in [0.15, 0.2) is 18.2 Å². The summed E-state index contributed by atoms with van der Waals surface area (Å²) in [7, 11) is 0. The van der Waals surface area contributed by atoms with E-state index in [-0.39, 0.29) is 11.4 Å². The third-order valence-corrected chi connectivity index (χ3v) is 3.60. The second kappa shape index (κ2) is 5.75. The summed E-state index contributed by atoms with van der Waals surface area (Å²) >= 11 is 0. The molecule has 3 aromatic rings. The van der Waals surface area contributed by atoms with E-state index in [1.807, 2.05) is 6.92 Å². The van der Waals surface area contributed by atoms with Gasteiger partial charge in [0.15, 0.2) is 17.8 Å². The molecule has 0 unspecified atom stereocenters. The molecular formula is C16H15FN4O2. The molecular weight excluding hydrogens is 299 g/mol. The zero-order valence-electron chi connectivity index (χ0n) is 13.0. The fourth-order valence-corrected chi connectivity index (χ4v) is 2.57. The number of benzene rings is 1. The quantitative estimate of drug-likeness (QED) is 0.693. The molecule has 2 aromatic heterocycles. The van der Waals surface area contributed by atoms with Crippen molar-refractivity contribution in [1.29, 1.82) is 0 Å². The van der Waals surface area contributed by atoms with Gasteiger partial charge in [-0.2, -0.15) is 10.2 Å². The molecule has 0 aliphatic rings. The van der Waals surface area contributed by atoms with Gasteiger partial charge < -0.3 is 4.74 Å². The van der Waals surface area contributed by atoms with E-state index >= 15 is 0 Å². The third kappa shape index (κ3) is 2.44. The van der Waals surface area contributed by atoms with Gasteiger partial charge in [-0.15, -0.1) is 5.10 Å². The lowest BCUT2D eigenvalue weighted by Crippen LogP contribution is -2.03. The van der Waals surface area contributed by atoms with Crippen molar-refractivity contribution in [2.75, 3.05) is 6.61 Å². The lowest BCUT2D eigenvalue weighted by Gasteiger charge is -2.08. The van der Waals surface area contributed by atoms with E-state index in [2.05, 4.69) is 15.3 Å². The van der Waals surface area contributed by atoms with Gasteiger partial charge in [-0.3, -0.25) is 4.79 Å². The standard InChI is InChI=1S/C16H15FN4O2/c1-4-23-11-5-6-14(12(17)7-11)21-10(3)15-9(2)18-19-13(8-22)16(15)20-21/h5-8H,4H2,1-3H3. The summed E-state index contributed by atoms with van der Waals surface area (Å²) in [6, 6.07) is 4.59. The van der Waals surface area contributed by atoms with Crippen LogP contribution in [0.3, 0.4) is 0 Å². The fraction of sp³-hybridized carbons (Fsp3) is 0.250. The Bertz CT molecular complexity index is 905. The van der Waals surface area contributed by atoms with E-state index in [1.54, 1.807) is 26.0 Å². The Hall–Kier alpha value is -2.83. The van der Waals surface area contributed by atoms with Gasteiger partial charge in [-0.05, 0) is 32.9 Å². The zero-order valence-corrected chi connectivity index (χ0v) is 13.0. The highest BCUT2D eigenvalue weighted by molar-refractivity contribution is 5.95. The number of nitrogens with zero attached hydrogens (tertiary/aromatic N) is 4. The van der Waals surface area contributed by atoms with Crippen molar-refractivity contribution < 1.29 is 13.9 Å². The first-order valence-corrected chi connectivity index (χ1v) is 7.17. The molecule has 0 aliphatic carbocycles. The van der Waals surface area contributed by atoms with Crippen LogP contribution in [0.4, 0.5) is 4.39 Å². The number of fused-ring (bicyclic) bond motifs is 1.